The van der Waals surface area contributed by atoms with Gasteiger partial charge in [0.25, 0.3) is 0 Å². The van der Waals surface area contributed by atoms with Gasteiger partial charge in [-0.15, -0.1) is 0 Å². The summed E-state index contributed by atoms with van der Waals surface area (Å²) in [7, 11) is 1.42. The van der Waals surface area contributed by atoms with Crippen LogP contribution < -0.4 is 9.47 Å². The molecule has 0 radical (unpaired) electrons. The van der Waals surface area contributed by atoms with Gasteiger partial charge in [0.2, 0.25) is 0 Å². The molecular weight excluding hydrogens is 401 g/mol. The fraction of sp³-hybridized carbons (Fsp3) is 0.0769. The molecule has 0 fully saturated rings. The number of benzene rings is 2. The SMILES string of the molecule is COc1c(Oc2c(Cl)cc(Cl)cc2Cl)cc(Cl)c(Cl)c1Cl. The highest BCUT2D eigenvalue weighted by molar-refractivity contribution is 6.49. The van der Waals surface area contributed by atoms with Crippen LogP contribution >= 0.6 is 69.6 Å². The summed E-state index contributed by atoms with van der Waals surface area (Å²) >= 11 is 36.0. The van der Waals surface area contributed by atoms with Gasteiger partial charge >= 0.3 is 0 Å². The van der Waals surface area contributed by atoms with E-state index in [2.05, 4.69) is 0 Å². The molecule has 0 N–H and O–H groups in total. The van der Waals surface area contributed by atoms with Crippen molar-refractivity contribution in [3.05, 3.63) is 48.3 Å². The molecule has 0 atom stereocenters. The molecule has 0 aliphatic rings. The molecule has 2 aromatic rings. The van der Waals surface area contributed by atoms with Crippen molar-refractivity contribution >= 4 is 69.6 Å². The van der Waals surface area contributed by atoms with Gasteiger partial charge < -0.3 is 9.47 Å². The number of rotatable bonds is 3. The van der Waals surface area contributed by atoms with Crippen LogP contribution in [0.1, 0.15) is 0 Å². The second kappa shape index (κ2) is 6.91. The van der Waals surface area contributed by atoms with E-state index in [4.69, 9.17) is 79.1 Å². The minimum Gasteiger partial charge on any atom is -0.491 e. The van der Waals surface area contributed by atoms with E-state index in [1.165, 1.54) is 25.3 Å². The average Bonchev–Trinajstić information content (AvgIpc) is 2.40. The van der Waals surface area contributed by atoms with Crippen LogP contribution in [-0.4, -0.2) is 7.11 Å². The summed E-state index contributed by atoms with van der Waals surface area (Å²) in [6.45, 7) is 0. The summed E-state index contributed by atoms with van der Waals surface area (Å²) in [5.41, 5.74) is 0. The van der Waals surface area contributed by atoms with Crippen LogP contribution in [0.4, 0.5) is 0 Å². The highest BCUT2D eigenvalue weighted by Crippen LogP contribution is 2.47. The van der Waals surface area contributed by atoms with Crippen molar-refractivity contribution in [3.63, 3.8) is 0 Å². The van der Waals surface area contributed by atoms with Crippen LogP contribution in [-0.2, 0) is 0 Å². The van der Waals surface area contributed by atoms with Gasteiger partial charge in [-0.1, -0.05) is 69.6 Å². The van der Waals surface area contributed by atoms with E-state index in [9.17, 15) is 0 Å². The predicted molar refractivity (Wildman–Crippen MR) is 89.6 cm³/mol. The van der Waals surface area contributed by atoms with Gasteiger partial charge in [0.15, 0.2) is 17.2 Å². The molecule has 0 aliphatic carbocycles. The maximum atomic E-state index is 6.07. The van der Waals surface area contributed by atoms with Gasteiger partial charge in [-0.25, -0.2) is 0 Å². The van der Waals surface area contributed by atoms with Crippen molar-refractivity contribution in [2.24, 2.45) is 0 Å². The van der Waals surface area contributed by atoms with E-state index in [0.29, 0.717) is 5.02 Å². The summed E-state index contributed by atoms with van der Waals surface area (Å²) in [4.78, 5) is 0. The molecule has 0 aromatic heterocycles. The third-order valence-corrected chi connectivity index (χ3v) is 4.49. The quantitative estimate of drug-likeness (QED) is 0.494. The van der Waals surface area contributed by atoms with Crippen LogP contribution in [0.15, 0.2) is 18.2 Å². The van der Waals surface area contributed by atoms with Crippen molar-refractivity contribution in [1.82, 2.24) is 0 Å². The van der Waals surface area contributed by atoms with Crippen LogP contribution in [0.5, 0.6) is 17.2 Å². The van der Waals surface area contributed by atoms with E-state index in [1.54, 1.807) is 0 Å². The van der Waals surface area contributed by atoms with E-state index >= 15 is 0 Å². The number of ether oxygens (including phenoxy) is 2. The molecular formula is C13H6Cl6O2. The van der Waals surface area contributed by atoms with Crippen molar-refractivity contribution < 1.29 is 9.47 Å². The van der Waals surface area contributed by atoms with Crippen LogP contribution in [0.3, 0.4) is 0 Å². The minimum atomic E-state index is 0.128. The molecule has 8 heteroatoms. The summed E-state index contributed by atoms with van der Waals surface area (Å²) in [6.07, 6.45) is 0. The Balaban J connectivity index is 2.55. The van der Waals surface area contributed by atoms with Crippen LogP contribution in [0, 0.1) is 0 Å². The number of hydrogen-bond donors (Lipinski definition) is 0. The third kappa shape index (κ3) is 3.58. The van der Waals surface area contributed by atoms with E-state index < -0.39 is 0 Å². The Hall–Kier alpha value is -0.220. The highest BCUT2D eigenvalue weighted by atomic mass is 35.5. The first-order chi connectivity index (χ1) is 9.85. The molecule has 0 spiro atoms. The third-order valence-electron chi connectivity index (χ3n) is 2.46. The van der Waals surface area contributed by atoms with Crippen LogP contribution in [0.25, 0.3) is 0 Å². The normalized spacial score (nSPS) is 10.6. The molecule has 21 heavy (non-hydrogen) atoms. The molecule has 112 valence electrons. The van der Waals surface area contributed by atoms with Gasteiger partial charge in [0.1, 0.15) is 5.02 Å². The summed E-state index contributed by atoms with van der Waals surface area (Å²) in [5.74, 6) is 0.645. The van der Waals surface area contributed by atoms with Crippen LogP contribution in [0.2, 0.25) is 30.1 Å². The molecule has 2 aromatic carbocycles. The van der Waals surface area contributed by atoms with Gasteiger partial charge in [-0.3, -0.25) is 0 Å². The van der Waals surface area contributed by atoms with E-state index in [0.717, 1.165) is 0 Å². The topological polar surface area (TPSA) is 18.5 Å². The minimum absolute atomic E-state index is 0.128. The molecule has 0 amide bonds. The molecule has 0 heterocycles. The van der Waals surface area contributed by atoms with E-state index in [1.807, 2.05) is 0 Å². The highest BCUT2D eigenvalue weighted by Gasteiger charge is 2.19. The molecule has 0 aliphatic heterocycles. The molecule has 0 unspecified atom stereocenters. The number of methoxy groups -OCH3 is 1. The smallest absolute Gasteiger partial charge is 0.181 e. The Morgan fingerprint density at radius 2 is 1.29 bits per heavy atom. The maximum Gasteiger partial charge on any atom is 0.181 e. The zero-order valence-corrected chi connectivity index (χ0v) is 14.9. The van der Waals surface area contributed by atoms with Crippen molar-refractivity contribution in [2.45, 2.75) is 0 Å². The fourth-order valence-corrected chi connectivity index (χ4v) is 3.11. The van der Waals surface area contributed by atoms with E-state index in [-0.39, 0.29) is 42.4 Å². The Morgan fingerprint density at radius 1 is 0.714 bits per heavy atom. The molecule has 0 bridgehead atoms. The molecule has 2 rings (SSSR count). The second-order valence-corrected chi connectivity index (χ2v) is 6.23. The molecule has 2 nitrogen and oxygen atoms in total. The lowest BCUT2D eigenvalue weighted by Crippen LogP contribution is -1.94. The lowest BCUT2D eigenvalue weighted by atomic mass is 10.3. The zero-order valence-electron chi connectivity index (χ0n) is 10.3. The first kappa shape index (κ1) is 17.1. The monoisotopic (exact) mass is 404 g/mol. The van der Waals surface area contributed by atoms with Gasteiger partial charge in [-0.05, 0) is 12.1 Å². The Labute approximate surface area is 151 Å². The van der Waals surface area contributed by atoms with Crippen molar-refractivity contribution in [1.29, 1.82) is 0 Å². The molecule has 0 saturated carbocycles. The van der Waals surface area contributed by atoms with Gasteiger partial charge in [0, 0.05) is 11.1 Å². The zero-order chi connectivity index (χ0) is 15.7. The van der Waals surface area contributed by atoms with Crippen molar-refractivity contribution in [3.8, 4) is 17.2 Å². The summed E-state index contributed by atoms with van der Waals surface area (Å²) < 4.78 is 10.8. The second-order valence-electron chi connectivity index (χ2n) is 3.82. The fourth-order valence-electron chi connectivity index (χ4n) is 1.56. The molecule has 0 saturated heterocycles. The Morgan fingerprint density at radius 3 is 1.81 bits per heavy atom. The number of halogens is 6. The first-order valence-corrected chi connectivity index (χ1v) is 7.65. The lowest BCUT2D eigenvalue weighted by Gasteiger charge is -2.15. The van der Waals surface area contributed by atoms with Gasteiger partial charge in [-0.2, -0.15) is 0 Å². The Bertz CT molecular complexity index is 679. The maximum absolute atomic E-state index is 6.07. The lowest BCUT2D eigenvalue weighted by molar-refractivity contribution is 0.379. The van der Waals surface area contributed by atoms with Crippen molar-refractivity contribution in [2.75, 3.05) is 7.11 Å². The predicted octanol–water partition coefficient (Wildman–Crippen LogP) is 7.41. The first-order valence-electron chi connectivity index (χ1n) is 5.39. The summed E-state index contributed by atoms with van der Waals surface area (Å²) in [5, 5.41) is 1.35. The number of hydrogen-bond acceptors (Lipinski definition) is 2. The average molecular weight is 407 g/mol. The largest absolute Gasteiger partial charge is 0.491 e. The summed E-state index contributed by atoms with van der Waals surface area (Å²) in [6, 6.07) is 4.45. The Kier molecular flexibility index (Phi) is 5.64. The van der Waals surface area contributed by atoms with Gasteiger partial charge in [0.05, 0.1) is 27.2 Å². The standard InChI is InChI=1S/C13H6Cl6O2/c1-20-13-9(4-6(15)10(18)11(13)19)21-12-7(16)2-5(14)3-8(12)17/h2-4H,1H3.